The highest BCUT2D eigenvalue weighted by Gasteiger charge is 2.19. The summed E-state index contributed by atoms with van der Waals surface area (Å²) in [6.07, 6.45) is 0. The molecule has 0 unspecified atom stereocenters. The zero-order chi connectivity index (χ0) is 21.7. The topological polar surface area (TPSA) is 52.6 Å². The Morgan fingerprint density at radius 2 is 1.13 bits per heavy atom. The van der Waals surface area contributed by atoms with Crippen molar-refractivity contribution in [2.24, 2.45) is 0 Å². The van der Waals surface area contributed by atoms with E-state index in [0.717, 1.165) is 11.1 Å². The third kappa shape index (κ3) is 4.65. The van der Waals surface area contributed by atoms with E-state index in [1.54, 1.807) is 48.5 Å². The van der Waals surface area contributed by atoms with Crippen LogP contribution in [0.5, 0.6) is 11.5 Å². The number of hydrogen-bond donors (Lipinski definition) is 0. The number of ketones is 2. The van der Waals surface area contributed by atoms with E-state index in [1.165, 1.54) is 14.2 Å². The Morgan fingerprint density at radius 1 is 0.700 bits per heavy atom. The van der Waals surface area contributed by atoms with Gasteiger partial charge in [-0.2, -0.15) is 0 Å². The van der Waals surface area contributed by atoms with Crippen molar-refractivity contribution in [1.29, 1.82) is 0 Å². The summed E-state index contributed by atoms with van der Waals surface area (Å²) < 4.78 is 10.7. The van der Waals surface area contributed by atoms with Crippen LogP contribution in [0.25, 0.3) is 0 Å². The number of rotatable bonds is 8. The Kier molecular flexibility index (Phi) is 7.45. The molecule has 0 atom stereocenters. The van der Waals surface area contributed by atoms with Crippen molar-refractivity contribution in [2.75, 3.05) is 14.2 Å². The zero-order valence-electron chi connectivity index (χ0n) is 16.6. The van der Waals surface area contributed by atoms with Crippen LogP contribution in [0.2, 0.25) is 0 Å². The second kappa shape index (κ2) is 10.0. The highest BCUT2D eigenvalue weighted by atomic mass is 79.9. The first-order valence-corrected chi connectivity index (χ1v) is 11.4. The summed E-state index contributed by atoms with van der Waals surface area (Å²) in [5.74, 6) is 0.581. The van der Waals surface area contributed by atoms with Crippen LogP contribution in [-0.4, -0.2) is 25.8 Å². The molecule has 30 heavy (non-hydrogen) atoms. The number of alkyl halides is 2. The Bertz CT molecular complexity index is 1010. The normalized spacial score (nSPS) is 10.5. The fourth-order valence-electron chi connectivity index (χ4n) is 3.14. The molecule has 0 aliphatic heterocycles. The molecule has 0 aliphatic rings. The molecule has 0 saturated heterocycles. The van der Waals surface area contributed by atoms with Crippen LogP contribution in [-0.2, 0) is 10.7 Å². The van der Waals surface area contributed by atoms with Crippen molar-refractivity contribution in [2.45, 2.75) is 10.7 Å². The van der Waals surface area contributed by atoms with Gasteiger partial charge in [0.05, 0.1) is 25.3 Å². The van der Waals surface area contributed by atoms with Crippen molar-refractivity contribution in [3.05, 3.63) is 94.0 Å². The first-order chi connectivity index (χ1) is 14.5. The summed E-state index contributed by atoms with van der Waals surface area (Å²) in [5.41, 5.74) is 3.67. The smallest absolute Gasteiger partial charge is 0.196 e. The highest BCUT2D eigenvalue weighted by Crippen LogP contribution is 2.27. The lowest BCUT2D eigenvalue weighted by atomic mass is 9.95. The minimum atomic E-state index is -0.203. The van der Waals surface area contributed by atoms with Gasteiger partial charge in [-0.05, 0) is 41.5 Å². The van der Waals surface area contributed by atoms with E-state index in [9.17, 15) is 9.59 Å². The highest BCUT2D eigenvalue weighted by molar-refractivity contribution is 9.08. The van der Waals surface area contributed by atoms with Crippen LogP contribution in [0.3, 0.4) is 0 Å². The van der Waals surface area contributed by atoms with Crippen molar-refractivity contribution in [1.82, 2.24) is 0 Å². The lowest BCUT2D eigenvalue weighted by Gasteiger charge is -2.11. The molecule has 0 bridgehead atoms. The Hall–Kier alpha value is -2.44. The molecule has 3 aromatic rings. The summed E-state index contributed by atoms with van der Waals surface area (Å²) in [5, 5.41) is 1.25. The standard InChI is InChI=1S/C24H20Br2O4/c1-29-21-8-6-15(13-25)10-19(21)23(27)17-4-3-5-18(12-17)24(28)20-11-16(14-26)7-9-22(20)30-2/h3-12H,13-14H2,1-2H3. The molecule has 0 saturated carbocycles. The summed E-state index contributed by atoms with van der Waals surface area (Å²) >= 11 is 6.83. The van der Waals surface area contributed by atoms with Gasteiger partial charge in [-0.15, -0.1) is 0 Å². The summed E-state index contributed by atoms with van der Waals surface area (Å²) in [6, 6.07) is 17.7. The maximum atomic E-state index is 13.2. The molecule has 0 heterocycles. The molecule has 0 radical (unpaired) electrons. The fourth-order valence-corrected chi connectivity index (χ4v) is 3.84. The predicted octanol–water partition coefficient (Wildman–Crippen LogP) is 5.96. The SMILES string of the molecule is COc1ccc(CBr)cc1C(=O)c1cccc(C(=O)c2cc(CBr)ccc2OC)c1. The van der Waals surface area contributed by atoms with Gasteiger partial charge in [-0.25, -0.2) is 0 Å². The van der Waals surface area contributed by atoms with Gasteiger partial charge in [0.2, 0.25) is 0 Å². The van der Waals surface area contributed by atoms with Crippen molar-refractivity contribution in [3.8, 4) is 11.5 Å². The van der Waals surface area contributed by atoms with E-state index in [0.29, 0.717) is 44.4 Å². The number of benzene rings is 3. The molecule has 0 aromatic heterocycles. The van der Waals surface area contributed by atoms with Crippen LogP contribution in [0, 0.1) is 0 Å². The number of carbonyl (C=O) groups is 2. The van der Waals surface area contributed by atoms with E-state index in [1.807, 2.05) is 12.1 Å². The molecular weight excluding hydrogens is 512 g/mol. The average Bonchev–Trinajstić information content (AvgIpc) is 2.82. The van der Waals surface area contributed by atoms with Crippen LogP contribution in [0.4, 0.5) is 0 Å². The van der Waals surface area contributed by atoms with Gasteiger partial charge in [-0.1, -0.05) is 62.2 Å². The zero-order valence-corrected chi connectivity index (χ0v) is 19.7. The number of methoxy groups -OCH3 is 2. The minimum Gasteiger partial charge on any atom is -0.496 e. The van der Waals surface area contributed by atoms with Gasteiger partial charge in [0.1, 0.15) is 11.5 Å². The second-order valence-electron chi connectivity index (χ2n) is 6.58. The molecule has 3 rings (SSSR count). The van der Waals surface area contributed by atoms with E-state index >= 15 is 0 Å². The Balaban J connectivity index is 2.01. The van der Waals surface area contributed by atoms with Gasteiger partial charge in [0, 0.05) is 21.8 Å². The number of ether oxygens (including phenoxy) is 2. The molecule has 6 heteroatoms. The average molecular weight is 532 g/mol. The quantitative estimate of drug-likeness (QED) is 0.266. The lowest BCUT2D eigenvalue weighted by Crippen LogP contribution is -2.08. The van der Waals surface area contributed by atoms with Crippen molar-refractivity contribution >= 4 is 43.4 Å². The van der Waals surface area contributed by atoms with Gasteiger partial charge >= 0.3 is 0 Å². The fraction of sp³-hybridized carbons (Fsp3) is 0.167. The number of halogens is 2. The minimum absolute atomic E-state index is 0.203. The second-order valence-corrected chi connectivity index (χ2v) is 7.70. The number of carbonyl (C=O) groups excluding carboxylic acids is 2. The monoisotopic (exact) mass is 530 g/mol. The first-order valence-electron chi connectivity index (χ1n) is 9.17. The van der Waals surface area contributed by atoms with Gasteiger partial charge in [-0.3, -0.25) is 9.59 Å². The first kappa shape index (κ1) is 22.2. The summed E-state index contributed by atoms with van der Waals surface area (Å²) in [7, 11) is 3.06. The summed E-state index contributed by atoms with van der Waals surface area (Å²) in [6.45, 7) is 0. The number of hydrogen-bond acceptors (Lipinski definition) is 4. The molecule has 0 spiro atoms. The Labute approximate surface area is 192 Å². The van der Waals surface area contributed by atoms with E-state index < -0.39 is 0 Å². The van der Waals surface area contributed by atoms with Crippen molar-refractivity contribution in [3.63, 3.8) is 0 Å². The third-order valence-electron chi connectivity index (χ3n) is 4.71. The maximum absolute atomic E-state index is 13.2. The van der Waals surface area contributed by atoms with E-state index in [2.05, 4.69) is 31.9 Å². The molecule has 3 aromatic carbocycles. The largest absolute Gasteiger partial charge is 0.496 e. The van der Waals surface area contributed by atoms with Gasteiger partial charge < -0.3 is 9.47 Å². The lowest BCUT2D eigenvalue weighted by molar-refractivity contribution is 0.103. The van der Waals surface area contributed by atoms with Crippen LogP contribution < -0.4 is 9.47 Å². The predicted molar refractivity (Wildman–Crippen MR) is 125 cm³/mol. The molecular formula is C24H20Br2O4. The Morgan fingerprint density at radius 3 is 1.50 bits per heavy atom. The van der Waals surface area contributed by atoms with Crippen LogP contribution >= 0.6 is 31.9 Å². The van der Waals surface area contributed by atoms with E-state index in [4.69, 9.17) is 9.47 Å². The van der Waals surface area contributed by atoms with E-state index in [-0.39, 0.29) is 11.6 Å². The maximum Gasteiger partial charge on any atom is 0.196 e. The molecule has 0 fully saturated rings. The van der Waals surface area contributed by atoms with Crippen LogP contribution in [0.15, 0.2) is 60.7 Å². The third-order valence-corrected chi connectivity index (χ3v) is 6.01. The molecule has 154 valence electrons. The van der Waals surface area contributed by atoms with Crippen molar-refractivity contribution < 1.29 is 19.1 Å². The molecule has 4 nitrogen and oxygen atoms in total. The van der Waals surface area contributed by atoms with Gasteiger partial charge in [0.15, 0.2) is 11.6 Å². The van der Waals surface area contributed by atoms with Gasteiger partial charge in [0.25, 0.3) is 0 Å². The molecule has 0 N–H and O–H groups in total. The molecule has 0 amide bonds. The van der Waals surface area contributed by atoms with Crippen LogP contribution in [0.1, 0.15) is 43.0 Å². The molecule has 0 aliphatic carbocycles. The summed E-state index contributed by atoms with van der Waals surface area (Å²) in [4.78, 5) is 26.4.